The normalized spacial score (nSPS) is 24.6. The molecule has 1 saturated heterocycles. The standard InChI is InChI=1S/C28H43FN2O6/c1-16(23(35-8)22-15-18-14-21(18)31(22)26(34)37-28(5,6)7)24(32)30-20(25(33)36-27(2,3)4)13-17-11-9-10-12-19(17)29/h9-12,16,18,20-23,25,33H,13-15H2,1-8H3,(H,30,32)/t16?,18-,20?,21-,22?,23?,25?/m0/s1. The lowest BCUT2D eigenvalue weighted by atomic mass is 9.93. The summed E-state index contributed by atoms with van der Waals surface area (Å²) in [6.45, 7) is 12.6. The molecule has 1 aliphatic heterocycles. The fourth-order valence-corrected chi connectivity index (χ4v) is 5.10. The largest absolute Gasteiger partial charge is 0.444 e. The van der Waals surface area contributed by atoms with Crippen molar-refractivity contribution in [3.8, 4) is 0 Å². The second kappa shape index (κ2) is 11.3. The molecule has 7 atom stereocenters. The first-order chi connectivity index (χ1) is 17.1. The highest BCUT2D eigenvalue weighted by molar-refractivity contribution is 5.79. The SMILES string of the molecule is COC(C(C)C(=O)NC(Cc1ccccc1F)C(O)OC(C)(C)C)C1C[C@@H]2C[C@@H]2N1C(=O)OC(C)(C)C. The smallest absolute Gasteiger partial charge is 0.410 e. The van der Waals surface area contributed by atoms with Crippen molar-refractivity contribution in [1.29, 1.82) is 0 Å². The number of benzene rings is 1. The average Bonchev–Trinajstić information content (AvgIpc) is 3.42. The number of carbonyl (C=O) groups excluding carboxylic acids is 2. The lowest BCUT2D eigenvalue weighted by molar-refractivity contribution is -0.182. The molecule has 2 fully saturated rings. The van der Waals surface area contributed by atoms with Gasteiger partial charge in [0.15, 0.2) is 6.29 Å². The molecule has 1 heterocycles. The Bertz CT molecular complexity index is 959. The quantitative estimate of drug-likeness (QED) is 0.475. The summed E-state index contributed by atoms with van der Waals surface area (Å²) < 4.78 is 31.6. The highest BCUT2D eigenvalue weighted by atomic mass is 19.1. The number of ether oxygens (including phenoxy) is 3. The van der Waals surface area contributed by atoms with Gasteiger partial charge in [0, 0.05) is 19.6 Å². The summed E-state index contributed by atoms with van der Waals surface area (Å²) in [5.41, 5.74) is -0.965. The average molecular weight is 523 g/mol. The molecule has 0 radical (unpaired) electrons. The first-order valence-corrected chi connectivity index (χ1v) is 13.0. The third-order valence-electron chi connectivity index (χ3n) is 6.85. The Kier molecular flexibility index (Phi) is 8.92. The molecule has 1 aromatic carbocycles. The van der Waals surface area contributed by atoms with Crippen LogP contribution in [0.2, 0.25) is 0 Å². The first-order valence-electron chi connectivity index (χ1n) is 13.0. The van der Waals surface area contributed by atoms with Gasteiger partial charge in [0.25, 0.3) is 0 Å². The van der Waals surface area contributed by atoms with Crippen LogP contribution in [0.25, 0.3) is 0 Å². The number of rotatable bonds is 9. The second-order valence-corrected chi connectivity index (χ2v) is 12.3. The van der Waals surface area contributed by atoms with Gasteiger partial charge < -0.3 is 24.6 Å². The lowest BCUT2D eigenvalue weighted by Crippen LogP contribution is -2.55. The number of piperidine rings is 1. The van der Waals surface area contributed by atoms with E-state index >= 15 is 0 Å². The van der Waals surface area contributed by atoms with E-state index in [2.05, 4.69) is 5.32 Å². The van der Waals surface area contributed by atoms with Gasteiger partial charge in [-0.3, -0.25) is 9.69 Å². The highest BCUT2D eigenvalue weighted by Crippen LogP contribution is 2.50. The van der Waals surface area contributed by atoms with Crippen molar-refractivity contribution in [3.05, 3.63) is 35.6 Å². The van der Waals surface area contributed by atoms with Crippen LogP contribution < -0.4 is 5.32 Å². The molecular formula is C28H43FN2O6. The van der Waals surface area contributed by atoms with Crippen LogP contribution in [-0.4, -0.2) is 70.8 Å². The Morgan fingerprint density at radius 2 is 1.78 bits per heavy atom. The van der Waals surface area contributed by atoms with E-state index in [0.717, 1.165) is 12.8 Å². The van der Waals surface area contributed by atoms with Crippen molar-refractivity contribution in [2.24, 2.45) is 11.8 Å². The number of carbonyl (C=O) groups is 2. The van der Waals surface area contributed by atoms with E-state index in [9.17, 15) is 19.1 Å². The van der Waals surface area contributed by atoms with Gasteiger partial charge in [-0.2, -0.15) is 0 Å². The molecule has 8 nitrogen and oxygen atoms in total. The van der Waals surface area contributed by atoms with Crippen LogP contribution in [0, 0.1) is 17.7 Å². The molecular weight excluding hydrogens is 479 g/mol. The molecule has 1 saturated carbocycles. The molecule has 0 spiro atoms. The number of aliphatic hydroxyl groups excluding tert-OH is 1. The Morgan fingerprint density at radius 3 is 2.35 bits per heavy atom. The summed E-state index contributed by atoms with van der Waals surface area (Å²) in [5.74, 6) is -1.09. The van der Waals surface area contributed by atoms with Gasteiger partial charge in [-0.25, -0.2) is 9.18 Å². The zero-order chi connectivity index (χ0) is 27.7. The molecule has 1 aliphatic carbocycles. The highest BCUT2D eigenvalue weighted by Gasteiger charge is 2.58. The van der Waals surface area contributed by atoms with E-state index in [1.165, 1.54) is 13.2 Å². The van der Waals surface area contributed by atoms with Gasteiger partial charge in [0.2, 0.25) is 5.91 Å². The summed E-state index contributed by atoms with van der Waals surface area (Å²) in [5, 5.41) is 13.7. The van der Waals surface area contributed by atoms with Gasteiger partial charge in [-0.15, -0.1) is 0 Å². The van der Waals surface area contributed by atoms with Crippen LogP contribution >= 0.6 is 0 Å². The molecule has 0 bridgehead atoms. The molecule has 1 aromatic rings. The Hall–Kier alpha value is -2.23. The number of hydrogen-bond donors (Lipinski definition) is 2. The number of nitrogens with zero attached hydrogens (tertiary/aromatic N) is 1. The van der Waals surface area contributed by atoms with Crippen LogP contribution in [0.3, 0.4) is 0 Å². The molecule has 2 aliphatic rings. The molecule has 208 valence electrons. The number of amides is 2. The minimum Gasteiger partial charge on any atom is -0.444 e. The van der Waals surface area contributed by atoms with Gasteiger partial charge in [0.05, 0.1) is 29.7 Å². The molecule has 5 unspecified atom stereocenters. The number of likely N-dealkylation sites (tertiary alicyclic amines) is 1. The summed E-state index contributed by atoms with van der Waals surface area (Å²) in [6.07, 6.45) is -0.660. The zero-order valence-electron chi connectivity index (χ0n) is 23.3. The molecule has 0 aromatic heterocycles. The minimum atomic E-state index is -1.37. The van der Waals surface area contributed by atoms with E-state index in [0.29, 0.717) is 11.5 Å². The molecule has 37 heavy (non-hydrogen) atoms. The molecule has 2 amide bonds. The maximum atomic E-state index is 14.4. The third kappa shape index (κ3) is 7.65. The predicted molar refractivity (Wildman–Crippen MR) is 137 cm³/mol. The van der Waals surface area contributed by atoms with Crippen LogP contribution in [0.15, 0.2) is 24.3 Å². The zero-order valence-corrected chi connectivity index (χ0v) is 23.3. The van der Waals surface area contributed by atoms with Gasteiger partial charge >= 0.3 is 6.09 Å². The van der Waals surface area contributed by atoms with Crippen LogP contribution in [0.1, 0.15) is 66.9 Å². The maximum Gasteiger partial charge on any atom is 0.410 e. The van der Waals surface area contributed by atoms with E-state index in [1.54, 1.807) is 50.8 Å². The van der Waals surface area contributed by atoms with E-state index in [1.807, 2.05) is 20.8 Å². The fraction of sp³-hybridized carbons (Fsp3) is 0.714. The minimum absolute atomic E-state index is 0.0393. The number of nitrogens with one attached hydrogen (secondary N) is 1. The molecule has 2 N–H and O–H groups in total. The monoisotopic (exact) mass is 522 g/mol. The summed E-state index contributed by atoms with van der Waals surface area (Å²) >= 11 is 0. The van der Waals surface area contributed by atoms with Crippen molar-refractivity contribution < 1.29 is 33.3 Å². The Balaban J connectivity index is 1.77. The van der Waals surface area contributed by atoms with Crippen molar-refractivity contribution in [1.82, 2.24) is 10.2 Å². The number of hydrogen-bond acceptors (Lipinski definition) is 6. The van der Waals surface area contributed by atoms with Crippen molar-refractivity contribution >= 4 is 12.0 Å². The predicted octanol–water partition coefficient (Wildman–Crippen LogP) is 4.04. The molecule has 3 rings (SSSR count). The van der Waals surface area contributed by atoms with Crippen molar-refractivity contribution in [2.45, 2.75) is 109 Å². The topological polar surface area (TPSA) is 97.3 Å². The first kappa shape index (κ1) is 29.3. The van der Waals surface area contributed by atoms with E-state index < -0.39 is 47.5 Å². The van der Waals surface area contributed by atoms with E-state index in [4.69, 9.17) is 14.2 Å². The number of methoxy groups -OCH3 is 1. The number of aliphatic hydroxyl groups is 1. The number of fused-ring (bicyclic) bond motifs is 1. The summed E-state index contributed by atoms with van der Waals surface area (Å²) in [7, 11) is 1.53. The van der Waals surface area contributed by atoms with Crippen molar-refractivity contribution in [2.75, 3.05) is 7.11 Å². The van der Waals surface area contributed by atoms with E-state index in [-0.39, 0.29) is 24.4 Å². The van der Waals surface area contributed by atoms with Crippen LogP contribution in [0.5, 0.6) is 0 Å². The van der Waals surface area contributed by atoms with Crippen LogP contribution in [0.4, 0.5) is 9.18 Å². The lowest BCUT2D eigenvalue weighted by Gasteiger charge is -2.37. The van der Waals surface area contributed by atoms with Gasteiger partial charge in [0.1, 0.15) is 11.4 Å². The second-order valence-electron chi connectivity index (χ2n) is 12.3. The van der Waals surface area contributed by atoms with Gasteiger partial charge in [-0.05, 0) is 71.9 Å². The number of halogens is 1. The Morgan fingerprint density at radius 1 is 1.14 bits per heavy atom. The Labute approximate surface area is 219 Å². The fourth-order valence-electron chi connectivity index (χ4n) is 5.10. The van der Waals surface area contributed by atoms with Crippen molar-refractivity contribution in [3.63, 3.8) is 0 Å². The van der Waals surface area contributed by atoms with Crippen LogP contribution in [-0.2, 0) is 25.4 Å². The van der Waals surface area contributed by atoms with Gasteiger partial charge in [-0.1, -0.05) is 25.1 Å². The maximum absolute atomic E-state index is 14.4. The third-order valence-corrected chi connectivity index (χ3v) is 6.85. The molecule has 9 heteroatoms. The summed E-state index contributed by atoms with van der Waals surface area (Å²) in [4.78, 5) is 28.2. The summed E-state index contributed by atoms with van der Waals surface area (Å²) in [6, 6.07) is 5.13.